The fourth-order valence-corrected chi connectivity index (χ4v) is 3.97. The molecule has 3 aliphatic heterocycles. The minimum Gasteiger partial charge on any atom is -0.508 e. The molecule has 1 aromatic rings. The van der Waals surface area contributed by atoms with Crippen molar-refractivity contribution in [3.05, 3.63) is 23.8 Å². The molecule has 0 radical (unpaired) electrons. The van der Waals surface area contributed by atoms with Crippen LogP contribution in [0.4, 0.5) is 0 Å². The third-order valence-corrected chi connectivity index (χ3v) is 5.05. The molecule has 0 aliphatic carbocycles. The van der Waals surface area contributed by atoms with Gasteiger partial charge in [-0.05, 0) is 45.4 Å². The lowest BCUT2D eigenvalue weighted by atomic mass is 9.74. The van der Waals surface area contributed by atoms with E-state index in [1.165, 1.54) is 0 Å². The van der Waals surface area contributed by atoms with E-state index in [0.29, 0.717) is 18.1 Å². The van der Waals surface area contributed by atoms with E-state index in [9.17, 15) is 5.11 Å². The minimum absolute atomic E-state index is 0.0792. The highest BCUT2D eigenvalue weighted by atomic mass is 16.5. The molecule has 2 saturated heterocycles. The first-order valence-corrected chi connectivity index (χ1v) is 7.45. The molecule has 20 heavy (non-hydrogen) atoms. The van der Waals surface area contributed by atoms with Gasteiger partial charge in [0.05, 0.1) is 12.2 Å². The summed E-state index contributed by atoms with van der Waals surface area (Å²) in [4.78, 5) is 0. The van der Waals surface area contributed by atoms with Crippen molar-refractivity contribution >= 4 is 0 Å². The standard InChI is InChI=1S/C16H21NO3/c1-16(2)11-8-12-13(5-6-17-12)19-15(11)10-4-3-9(18)7-14(10)20-16/h3-4,7,11-13,15,17-18H,5-6,8H2,1-2H3/t11-,12-,13-,15+/m1/s1. The van der Waals surface area contributed by atoms with Gasteiger partial charge >= 0.3 is 0 Å². The number of phenolic OH excluding ortho intramolecular Hbond substituents is 1. The highest BCUT2D eigenvalue weighted by molar-refractivity contribution is 5.44. The number of fused-ring (bicyclic) bond motifs is 4. The van der Waals surface area contributed by atoms with Crippen molar-refractivity contribution in [2.75, 3.05) is 6.54 Å². The number of benzene rings is 1. The first-order valence-electron chi connectivity index (χ1n) is 7.45. The topological polar surface area (TPSA) is 50.7 Å². The van der Waals surface area contributed by atoms with Crippen LogP contribution in [0, 0.1) is 5.92 Å². The van der Waals surface area contributed by atoms with Gasteiger partial charge in [0.1, 0.15) is 17.1 Å². The number of ether oxygens (including phenoxy) is 2. The first-order chi connectivity index (χ1) is 9.54. The van der Waals surface area contributed by atoms with E-state index in [1.807, 2.05) is 6.07 Å². The van der Waals surface area contributed by atoms with Crippen LogP contribution in [0.15, 0.2) is 18.2 Å². The molecule has 0 saturated carbocycles. The second kappa shape index (κ2) is 4.12. The molecule has 0 aromatic heterocycles. The summed E-state index contributed by atoms with van der Waals surface area (Å²) in [5.74, 6) is 1.35. The van der Waals surface area contributed by atoms with E-state index in [2.05, 4.69) is 19.2 Å². The Balaban J connectivity index is 1.77. The maximum Gasteiger partial charge on any atom is 0.129 e. The second-order valence-electron chi connectivity index (χ2n) is 6.71. The van der Waals surface area contributed by atoms with Gasteiger partial charge in [-0.25, -0.2) is 0 Å². The lowest BCUT2D eigenvalue weighted by Gasteiger charge is -2.49. The summed E-state index contributed by atoms with van der Waals surface area (Å²) < 4.78 is 12.5. The monoisotopic (exact) mass is 275 g/mol. The van der Waals surface area contributed by atoms with Gasteiger partial charge in [-0.1, -0.05) is 0 Å². The fraction of sp³-hybridized carbons (Fsp3) is 0.625. The fourth-order valence-electron chi connectivity index (χ4n) is 3.97. The van der Waals surface area contributed by atoms with E-state index in [-0.39, 0.29) is 17.5 Å². The van der Waals surface area contributed by atoms with Crippen LogP contribution in [-0.2, 0) is 4.74 Å². The van der Waals surface area contributed by atoms with Gasteiger partial charge in [-0.15, -0.1) is 0 Å². The summed E-state index contributed by atoms with van der Waals surface area (Å²) >= 11 is 0. The van der Waals surface area contributed by atoms with Crippen LogP contribution in [0.5, 0.6) is 11.5 Å². The summed E-state index contributed by atoms with van der Waals surface area (Å²) in [5, 5.41) is 13.2. The van der Waals surface area contributed by atoms with Crippen LogP contribution in [0.1, 0.15) is 38.4 Å². The Kier molecular flexibility index (Phi) is 2.57. The smallest absolute Gasteiger partial charge is 0.129 e. The van der Waals surface area contributed by atoms with Crippen molar-refractivity contribution in [2.45, 2.75) is 50.5 Å². The van der Waals surface area contributed by atoms with Crippen molar-refractivity contribution in [2.24, 2.45) is 5.92 Å². The lowest BCUT2D eigenvalue weighted by Crippen LogP contribution is -2.53. The molecule has 0 amide bonds. The van der Waals surface area contributed by atoms with Gasteiger partial charge < -0.3 is 19.9 Å². The number of phenols is 1. The normalized spacial score (nSPS) is 37.5. The van der Waals surface area contributed by atoms with Gasteiger partial charge in [-0.3, -0.25) is 0 Å². The van der Waals surface area contributed by atoms with Crippen LogP contribution in [0.3, 0.4) is 0 Å². The molecule has 3 aliphatic rings. The van der Waals surface area contributed by atoms with Crippen LogP contribution in [0.25, 0.3) is 0 Å². The van der Waals surface area contributed by atoms with E-state index < -0.39 is 0 Å². The van der Waals surface area contributed by atoms with Gasteiger partial charge in [-0.2, -0.15) is 0 Å². The molecule has 4 nitrogen and oxygen atoms in total. The summed E-state index contributed by atoms with van der Waals surface area (Å²) in [7, 11) is 0. The molecule has 2 fully saturated rings. The van der Waals surface area contributed by atoms with E-state index in [1.54, 1.807) is 12.1 Å². The maximum atomic E-state index is 9.67. The van der Waals surface area contributed by atoms with Crippen molar-refractivity contribution in [3.8, 4) is 11.5 Å². The van der Waals surface area contributed by atoms with Crippen molar-refractivity contribution < 1.29 is 14.6 Å². The highest BCUT2D eigenvalue weighted by Gasteiger charge is 2.51. The molecule has 1 aromatic carbocycles. The number of rotatable bonds is 0. The number of aromatic hydroxyl groups is 1. The molecular formula is C16H21NO3. The summed E-state index contributed by atoms with van der Waals surface area (Å²) in [6, 6.07) is 5.83. The Morgan fingerprint density at radius 3 is 3.05 bits per heavy atom. The minimum atomic E-state index is -0.277. The predicted octanol–water partition coefficient (Wildman–Crippen LogP) is 2.37. The zero-order chi connectivity index (χ0) is 13.9. The quantitative estimate of drug-likeness (QED) is 0.763. The van der Waals surface area contributed by atoms with Gasteiger partial charge in [0.2, 0.25) is 0 Å². The first kappa shape index (κ1) is 12.5. The highest BCUT2D eigenvalue weighted by Crippen LogP contribution is 2.51. The van der Waals surface area contributed by atoms with Crippen molar-refractivity contribution in [3.63, 3.8) is 0 Å². The zero-order valence-corrected chi connectivity index (χ0v) is 11.9. The number of hydrogen-bond donors (Lipinski definition) is 2. The Morgan fingerprint density at radius 2 is 2.20 bits per heavy atom. The predicted molar refractivity (Wildman–Crippen MR) is 74.9 cm³/mol. The molecular weight excluding hydrogens is 254 g/mol. The Hall–Kier alpha value is -1.26. The third-order valence-electron chi connectivity index (χ3n) is 5.05. The molecule has 108 valence electrons. The van der Waals surface area contributed by atoms with Crippen LogP contribution >= 0.6 is 0 Å². The van der Waals surface area contributed by atoms with E-state index in [4.69, 9.17) is 9.47 Å². The Labute approximate surface area is 119 Å². The van der Waals surface area contributed by atoms with Crippen LogP contribution in [-0.4, -0.2) is 29.4 Å². The molecule has 3 heterocycles. The van der Waals surface area contributed by atoms with E-state index >= 15 is 0 Å². The summed E-state index contributed by atoms with van der Waals surface area (Å²) in [6.45, 7) is 5.28. The Bertz CT molecular complexity index is 543. The average molecular weight is 275 g/mol. The average Bonchev–Trinajstić information content (AvgIpc) is 2.83. The van der Waals surface area contributed by atoms with Crippen molar-refractivity contribution in [1.82, 2.24) is 5.32 Å². The summed E-state index contributed by atoms with van der Waals surface area (Å²) in [5.41, 5.74) is 0.804. The zero-order valence-electron chi connectivity index (χ0n) is 11.9. The molecule has 2 N–H and O–H groups in total. The second-order valence-corrected chi connectivity index (χ2v) is 6.71. The molecule has 4 atom stereocenters. The number of hydrogen-bond acceptors (Lipinski definition) is 4. The maximum absolute atomic E-state index is 9.67. The molecule has 4 rings (SSSR count). The number of nitrogens with one attached hydrogen (secondary N) is 1. The third kappa shape index (κ3) is 1.75. The van der Waals surface area contributed by atoms with Gasteiger partial charge in [0.15, 0.2) is 0 Å². The lowest BCUT2D eigenvalue weighted by molar-refractivity contribution is -0.152. The van der Waals surface area contributed by atoms with E-state index in [0.717, 1.165) is 30.7 Å². The Morgan fingerprint density at radius 1 is 1.35 bits per heavy atom. The van der Waals surface area contributed by atoms with Gasteiger partial charge in [0.25, 0.3) is 0 Å². The van der Waals surface area contributed by atoms with Crippen molar-refractivity contribution in [1.29, 1.82) is 0 Å². The SMILES string of the molecule is CC1(C)Oc2cc(O)ccc2[C@@H]2O[C@@H]3CCN[C@@H]3C[C@H]21. The molecule has 0 spiro atoms. The summed E-state index contributed by atoms with van der Waals surface area (Å²) in [6.07, 6.45) is 2.56. The van der Waals surface area contributed by atoms with Crippen LogP contribution in [0.2, 0.25) is 0 Å². The van der Waals surface area contributed by atoms with Gasteiger partial charge in [0, 0.05) is 23.6 Å². The molecule has 0 unspecified atom stereocenters. The van der Waals surface area contributed by atoms with Crippen LogP contribution < -0.4 is 10.1 Å². The largest absolute Gasteiger partial charge is 0.508 e. The molecule has 0 bridgehead atoms. The molecule has 4 heteroatoms.